The third-order valence-corrected chi connectivity index (χ3v) is 7.02. The number of rotatable bonds is 2. The molecular formula is C24H23N5O. The van der Waals surface area contributed by atoms with Gasteiger partial charge in [0.25, 0.3) is 0 Å². The number of benzene rings is 1. The highest BCUT2D eigenvalue weighted by Gasteiger charge is 2.56. The number of H-pyrrole nitrogens is 1. The SMILES string of the molecule is Cc1nc(-c2cn[nH]c2)c2c(n1)[C@]1(c3ccccc3)CC(C#N)C(=O)[C@@H](C)[C@@H]1CC2. The molecule has 1 N–H and O–H groups in total. The van der Waals surface area contributed by atoms with Gasteiger partial charge in [-0.05, 0) is 37.7 Å². The molecule has 150 valence electrons. The standard InChI is InChI=1S/C24H23N5O/c1-14-20-9-8-19-21(17-12-26-27-13-17)28-15(2)29-23(19)24(20,10-16(11-25)22(14)30)18-6-4-3-5-7-18/h3-7,12-14,16,20H,8-10H2,1-2H3,(H,26,27)/t14-,16?,20-,24-/m0/s1. The van der Waals surface area contributed by atoms with Gasteiger partial charge in [0.2, 0.25) is 0 Å². The van der Waals surface area contributed by atoms with Gasteiger partial charge in [-0.25, -0.2) is 9.97 Å². The lowest BCUT2D eigenvalue weighted by Crippen LogP contribution is -2.53. The van der Waals surface area contributed by atoms with E-state index in [1.165, 1.54) is 0 Å². The summed E-state index contributed by atoms with van der Waals surface area (Å²) in [7, 11) is 0. The molecule has 0 bridgehead atoms. The molecule has 5 rings (SSSR count). The molecule has 2 aliphatic rings. The van der Waals surface area contributed by atoms with Gasteiger partial charge in [-0.3, -0.25) is 9.89 Å². The molecule has 2 heterocycles. The summed E-state index contributed by atoms with van der Waals surface area (Å²) in [4.78, 5) is 22.7. The quantitative estimate of drug-likeness (QED) is 0.710. The van der Waals surface area contributed by atoms with E-state index < -0.39 is 11.3 Å². The van der Waals surface area contributed by atoms with Gasteiger partial charge < -0.3 is 0 Å². The number of aromatic nitrogens is 4. The fourth-order valence-electron chi connectivity index (χ4n) is 5.72. The second-order valence-electron chi connectivity index (χ2n) is 8.49. The first-order valence-electron chi connectivity index (χ1n) is 10.4. The Bertz CT molecular complexity index is 1150. The predicted molar refractivity (Wildman–Crippen MR) is 111 cm³/mol. The molecule has 1 saturated carbocycles. The molecule has 4 atom stereocenters. The van der Waals surface area contributed by atoms with Crippen LogP contribution in [0.15, 0.2) is 42.7 Å². The fourth-order valence-corrected chi connectivity index (χ4v) is 5.72. The van der Waals surface area contributed by atoms with Crippen LogP contribution in [-0.4, -0.2) is 25.9 Å². The summed E-state index contributed by atoms with van der Waals surface area (Å²) < 4.78 is 0. The number of nitrogens with zero attached hydrogens (tertiary/aromatic N) is 4. The number of nitriles is 1. The van der Waals surface area contributed by atoms with E-state index >= 15 is 0 Å². The summed E-state index contributed by atoms with van der Waals surface area (Å²) >= 11 is 0. The normalized spacial score (nSPS) is 27.8. The highest BCUT2D eigenvalue weighted by molar-refractivity contribution is 5.87. The maximum atomic E-state index is 12.9. The minimum atomic E-state index is -0.630. The van der Waals surface area contributed by atoms with Crippen molar-refractivity contribution in [2.75, 3.05) is 0 Å². The summed E-state index contributed by atoms with van der Waals surface area (Å²) in [6.07, 6.45) is 5.78. The van der Waals surface area contributed by atoms with Crippen LogP contribution in [0.1, 0.15) is 42.4 Å². The maximum Gasteiger partial charge on any atom is 0.153 e. The number of ketones is 1. The molecule has 1 aromatic carbocycles. The number of aryl methyl sites for hydroxylation is 1. The molecule has 30 heavy (non-hydrogen) atoms. The monoisotopic (exact) mass is 397 g/mol. The number of nitrogens with one attached hydrogen (secondary N) is 1. The molecule has 1 fully saturated rings. The van der Waals surface area contributed by atoms with Crippen molar-refractivity contribution in [1.29, 1.82) is 5.26 Å². The van der Waals surface area contributed by atoms with Crippen molar-refractivity contribution in [1.82, 2.24) is 20.2 Å². The molecule has 1 unspecified atom stereocenters. The van der Waals surface area contributed by atoms with Crippen molar-refractivity contribution in [2.45, 2.75) is 38.5 Å². The van der Waals surface area contributed by atoms with Crippen LogP contribution in [-0.2, 0) is 16.6 Å². The lowest BCUT2D eigenvalue weighted by molar-refractivity contribution is -0.131. The topological polar surface area (TPSA) is 95.3 Å². The molecule has 0 aliphatic heterocycles. The van der Waals surface area contributed by atoms with Gasteiger partial charge >= 0.3 is 0 Å². The highest BCUT2D eigenvalue weighted by atomic mass is 16.1. The van der Waals surface area contributed by atoms with E-state index in [0.29, 0.717) is 12.2 Å². The second kappa shape index (κ2) is 6.88. The Morgan fingerprint density at radius 2 is 2.03 bits per heavy atom. The van der Waals surface area contributed by atoms with Gasteiger partial charge in [0.1, 0.15) is 11.7 Å². The Hall–Kier alpha value is -3.33. The molecular weight excluding hydrogens is 374 g/mol. The molecule has 0 saturated heterocycles. The first kappa shape index (κ1) is 18.7. The van der Waals surface area contributed by atoms with Crippen molar-refractivity contribution in [3.63, 3.8) is 0 Å². The summed E-state index contributed by atoms with van der Waals surface area (Å²) in [5.41, 5.74) is 4.59. The van der Waals surface area contributed by atoms with Crippen molar-refractivity contribution in [3.8, 4) is 17.3 Å². The first-order chi connectivity index (χ1) is 14.6. The average molecular weight is 397 g/mol. The van der Waals surface area contributed by atoms with Gasteiger partial charge in [0.05, 0.1) is 23.7 Å². The van der Waals surface area contributed by atoms with Crippen LogP contribution in [0.5, 0.6) is 0 Å². The van der Waals surface area contributed by atoms with E-state index in [1.807, 2.05) is 38.2 Å². The lowest BCUT2D eigenvalue weighted by Gasteiger charge is -2.51. The number of hydrogen-bond donors (Lipinski definition) is 1. The molecule has 0 amide bonds. The van der Waals surface area contributed by atoms with Gasteiger partial charge in [-0.1, -0.05) is 37.3 Å². The van der Waals surface area contributed by atoms with E-state index in [9.17, 15) is 10.1 Å². The van der Waals surface area contributed by atoms with Crippen LogP contribution in [0.3, 0.4) is 0 Å². The van der Waals surface area contributed by atoms with Crippen LogP contribution in [0.2, 0.25) is 0 Å². The van der Waals surface area contributed by atoms with Crippen LogP contribution in [0.25, 0.3) is 11.3 Å². The minimum absolute atomic E-state index is 0.0679. The smallest absolute Gasteiger partial charge is 0.153 e. The van der Waals surface area contributed by atoms with Crippen molar-refractivity contribution < 1.29 is 4.79 Å². The number of fused-ring (bicyclic) bond motifs is 3. The number of carbonyl (C=O) groups is 1. The Morgan fingerprint density at radius 1 is 1.23 bits per heavy atom. The van der Waals surface area contributed by atoms with Crippen LogP contribution in [0, 0.1) is 36.0 Å². The van der Waals surface area contributed by atoms with Gasteiger partial charge in [-0.15, -0.1) is 0 Å². The van der Waals surface area contributed by atoms with Crippen LogP contribution >= 0.6 is 0 Å². The van der Waals surface area contributed by atoms with E-state index in [1.54, 1.807) is 6.20 Å². The molecule has 0 radical (unpaired) electrons. The van der Waals surface area contributed by atoms with Gasteiger partial charge in [0.15, 0.2) is 5.78 Å². The number of Topliss-reactive ketones (excluding diaryl/α,β-unsaturated/α-hetero) is 1. The third kappa shape index (κ3) is 2.55. The number of carbonyl (C=O) groups excluding carboxylic acids is 1. The summed E-state index contributed by atoms with van der Waals surface area (Å²) in [6.45, 7) is 3.90. The molecule has 2 aliphatic carbocycles. The Kier molecular flexibility index (Phi) is 4.28. The Morgan fingerprint density at radius 3 is 2.73 bits per heavy atom. The fraction of sp³-hybridized carbons (Fsp3) is 0.375. The van der Waals surface area contributed by atoms with E-state index in [-0.39, 0.29) is 17.6 Å². The van der Waals surface area contributed by atoms with E-state index in [2.05, 4.69) is 28.4 Å². The summed E-state index contributed by atoms with van der Waals surface area (Å²) in [5.74, 6) is 0.0489. The zero-order valence-electron chi connectivity index (χ0n) is 17.1. The highest BCUT2D eigenvalue weighted by Crippen LogP contribution is 2.56. The second-order valence-corrected chi connectivity index (χ2v) is 8.49. The number of aromatic amines is 1. The molecule has 6 nitrogen and oxygen atoms in total. The predicted octanol–water partition coefficient (Wildman–Crippen LogP) is 3.77. The lowest BCUT2D eigenvalue weighted by atomic mass is 9.51. The van der Waals surface area contributed by atoms with Crippen molar-refractivity contribution >= 4 is 5.78 Å². The Balaban J connectivity index is 1.83. The zero-order chi connectivity index (χ0) is 20.9. The van der Waals surface area contributed by atoms with Crippen LogP contribution in [0.4, 0.5) is 0 Å². The van der Waals surface area contributed by atoms with Gasteiger partial charge in [0, 0.05) is 28.7 Å². The van der Waals surface area contributed by atoms with Crippen molar-refractivity contribution in [2.24, 2.45) is 17.8 Å². The number of hydrogen-bond acceptors (Lipinski definition) is 5. The summed E-state index contributed by atoms with van der Waals surface area (Å²) in [5, 5.41) is 16.8. The molecule has 6 heteroatoms. The van der Waals surface area contributed by atoms with E-state index in [0.717, 1.165) is 40.9 Å². The van der Waals surface area contributed by atoms with Crippen molar-refractivity contribution in [3.05, 3.63) is 65.4 Å². The Labute approximate surface area is 175 Å². The van der Waals surface area contributed by atoms with Gasteiger partial charge in [-0.2, -0.15) is 10.4 Å². The minimum Gasteiger partial charge on any atom is -0.298 e. The summed E-state index contributed by atoms with van der Waals surface area (Å²) in [6, 6.07) is 12.6. The van der Waals surface area contributed by atoms with E-state index in [4.69, 9.17) is 9.97 Å². The maximum absolute atomic E-state index is 12.9. The van der Waals surface area contributed by atoms with Crippen LogP contribution < -0.4 is 0 Å². The average Bonchev–Trinajstić information content (AvgIpc) is 3.31. The first-order valence-corrected chi connectivity index (χ1v) is 10.4. The third-order valence-electron chi connectivity index (χ3n) is 7.02. The molecule has 2 aromatic heterocycles. The molecule has 0 spiro atoms. The molecule has 3 aromatic rings. The largest absolute Gasteiger partial charge is 0.298 e. The zero-order valence-corrected chi connectivity index (χ0v) is 17.1.